The van der Waals surface area contributed by atoms with Crippen molar-refractivity contribution in [3.63, 3.8) is 0 Å². The van der Waals surface area contributed by atoms with E-state index in [-0.39, 0.29) is 0 Å². The van der Waals surface area contributed by atoms with Gasteiger partial charge in [-0.15, -0.1) is 0 Å². The SMILES string of the molecule is BNC(C)CCCCCC. The van der Waals surface area contributed by atoms with Crippen LogP contribution in [0.4, 0.5) is 0 Å². The fraction of sp³-hybridized carbons (Fsp3) is 1.00. The van der Waals surface area contributed by atoms with Crippen molar-refractivity contribution in [1.82, 2.24) is 5.23 Å². The Morgan fingerprint density at radius 1 is 1.30 bits per heavy atom. The average Bonchev–Trinajstić information content (AvgIpc) is 1.98. The van der Waals surface area contributed by atoms with Gasteiger partial charge in [0, 0.05) is 0 Å². The molecule has 1 unspecified atom stereocenters. The molecule has 0 spiro atoms. The van der Waals surface area contributed by atoms with Crippen LogP contribution >= 0.6 is 0 Å². The lowest BCUT2D eigenvalue weighted by molar-refractivity contribution is 0.552. The minimum absolute atomic E-state index is 0.705. The second-order valence-corrected chi connectivity index (χ2v) is 3.04. The van der Waals surface area contributed by atoms with Gasteiger partial charge in [-0.3, -0.25) is 0 Å². The summed E-state index contributed by atoms with van der Waals surface area (Å²) >= 11 is 0. The van der Waals surface area contributed by atoms with E-state index in [0.717, 1.165) is 0 Å². The fourth-order valence-electron chi connectivity index (χ4n) is 1.02. The predicted octanol–water partition coefficient (Wildman–Crippen LogP) is 1.48. The Hall–Kier alpha value is 0.0249. The Balaban J connectivity index is 2.89. The van der Waals surface area contributed by atoms with Crippen LogP contribution in [0.15, 0.2) is 0 Å². The smallest absolute Gasteiger partial charge is 0.182 e. The molecule has 60 valence electrons. The second kappa shape index (κ2) is 7.14. The van der Waals surface area contributed by atoms with Crippen LogP contribution in [0.2, 0.25) is 0 Å². The van der Waals surface area contributed by atoms with E-state index in [0.29, 0.717) is 6.04 Å². The van der Waals surface area contributed by atoms with Crippen LogP contribution < -0.4 is 5.23 Å². The van der Waals surface area contributed by atoms with Gasteiger partial charge < -0.3 is 5.23 Å². The van der Waals surface area contributed by atoms with E-state index in [2.05, 4.69) is 19.1 Å². The summed E-state index contributed by atoms with van der Waals surface area (Å²) in [6.45, 7) is 4.49. The van der Waals surface area contributed by atoms with E-state index in [4.69, 9.17) is 0 Å². The molecule has 1 N–H and O–H groups in total. The maximum absolute atomic E-state index is 3.24. The molecule has 0 aromatic rings. The molecule has 1 atom stereocenters. The lowest BCUT2D eigenvalue weighted by Crippen LogP contribution is -2.22. The minimum Gasteiger partial charge on any atom is -0.360 e. The monoisotopic (exact) mass is 141 g/mol. The summed E-state index contributed by atoms with van der Waals surface area (Å²) in [6.07, 6.45) is 6.86. The van der Waals surface area contributed by atoms with Crippen molar-refractivity contribution in [1.29, 1.82) is 0 Å². The standard InChI is InChI=1S/C8H20BN/c1-3-4-5-6-7-8(2)10-9/h8,10H,3-7,9H2,1-2H3. The Bertz CT molecular complexity index is 66.3. The average molecular weight is 141 g/mol. The summed E-state index contributed by atoms with van der Waals surface area (Å²) in [5.41, 5.74) is 0. The highest BCUT2D eigenvalue weighted by atomic mass is 14.8. The Morgan fingerprint density at radius 3 is 2.50 bits per heavy atom. The lowest BCUT2D eigenvalue weighted by atomic mass is 10.1. The summed E-state index contributed by atoms with van der Waals surface area (Å²) in [5.74, 6) is 0. The van der Waals surface area contributed by atoms with Crippen molar-refractivity contribution in [3.05, 3.63) is 0 Å². The molecule has 0 rings (SSSR count). The van der Waals surface area contributed by atoms with Gasteiger partial charge in [-0.2, -0.15) is 0 Å². The van der Waals surface area contributed by atoms with Gasteiger partial charge in [-0.05, 0) is 12.5 Å². The molecular weight excluding hydrogens is 121 g/mol. The van der Waals surface area contributed by atoms with Crippen molar-refractivity contribution in [2.75, 3.05) is 0 Å². The summed E-state index contributed by atoms with van der Waals surface area (Å²) < 4.78 is 0. The number of unbranched alkanes of at least 4 members (excludes halogenated alkanes) is 3. The van der Waals surface area contributed by atoms with Crippen LogP contribution in [0.25, 0.3) is 0 Å². The van der Waals surface area contributed by atoms with Crippen molar-refractivity contribution < 1.29 is 0 Å². The molecule has 0 saturated heterocycles. The van der Waals surface area contributed by atoms with Gasteiger partial charge in [0.05, 0.1) is 0 Å². The summed E-state index contributed by atoms with van der Waals surface area (Å²) in [7, 11) is 2.03. The number of hydrogen-bond donors (Lipinski definition) is 1. The molecule has 0 aromatic heterocycles. The zero-order valence-corrected chi connectivity index (χ0v) is 7.61. The van der Waals surface area contributed by atoms with Gasteiger partial charge in [0.25, 0.3) is 0 Å². The van der Waals surface area contributed by atoms with E-state index in [1.165, 1.54) is 32.1 Å². The topological polar surface area (TPSA) is 12.0 Å². The van der Waals surface area contributed by atoms with Crippen molar-refractivity contribution >= 4 is 7.98 Å². The van der Waals surface area contributed by atoms with Crippen LogP contribution in [0.3, 0.4) is 0 Å². The number of nitrogens with one attached hydrogen (secondary N) is 1. The molecular formula is C8H20BN. The highest BCUT2D eigenvalue weighted by Gasteiger charge is 1.95. The molecule has 0 aromatic carbocycles. The predicted molar refractivity (Wildman–Crippen MR) is 49.9 cm³/mol. The third kappa shape index (κ3) is 6.15. The van der Waals surface area contributed by atoms with Gasteiger partial charge >= 0.3 is 0 Å². The zero-order chi connectivity index (χ0) is 7.82. The molecule has 0 amide bonds. The summed E-state index contributed by atoms with van der Waals surface area (Å²) in [5, 5.41) is 3.24. The molecule has 0 aliphatic carbocycles. The molecule has 0 aliphatic heterocycles. The molecule has 0 aliphatic rings. The van der Waals surface area contributed by atoms with Crippen LogP contribution in [0.1, 0.15) is 46.0 Å². The Labute approximate surface area is 66.0 Å². The molecule has 2 heteroatoms. The van der Waals surface area contributed by atoms with Crippen LogP contribution in [-0.2, 0) is 0 Å². The first-order chi connectivity index (χ1) is 4.81. The first-order valence-electron chi connectivity index (χ1n) is 4.48. The van der Waals surface area contributed by atoms with E-state index in [1.54, 1.807) is 0 Å². The Kier molecular flexibility index (Phi) is 7.15. The fourth-order valence-corrected chi connectivity index (χ4v) is 1.02. The normalized spacial score (nSPS) is 13.4. The second-order valence-electron chi connectivity index (χ2n) is 3.04. The molecule has 0 saturated carbocycles. The largest absolute Gasteiger partial charge is 0.360 e. The summed E-state index contributed by atoms with van der Waals surface area (Å²) in [4.78, 5) is 0. The van der Waals surface area contributed by atoms with Gasteiger partial charge in [-0.1, -0.05) is 39.5 Å². The van der Waals surface area contributed by atoms with Crippen LogP contribution in [0.5, 0.6) is 0 Å². The molecule has 0 heterocycles. The maximum Gasteiger partial charge on any atom is 0.182 e. The third-order valence-electron chi connectivity index (χ3n) is 1.98. The lowest BCUT2D eigenvalue weighted by Gasteiger charge is -2.08. The van der Waals surface area contributed by atoms with E-state index in [9.17, 15) is 0 Å². The molecule has 1 nitrogen and oxygen atoms in total. The highest BCUT2D eigenvalue weighted by Crippen LogP contribution is 2.04. The quantitative estimate of drug-likeness (QED) is 0.436. The molecule has 10 heavy (non-hydrogen) atoms. The van der Waals surface area contributed by atoms with Gasteiger partial charge in [-0.25, -0.2) is 0 Å². The number of hydrogen-bond acceptors (Lipinski definition) is 1. The van der Waals surface area contributed by atoms with Gasteiger partial charge in [0.1, 0.15) is 0 Å². The number of rotatable bonds is 6. The first kappa shape index (κ1) is 10.0. The Morgan fingerprint density at radius 2 is 2.00 bits per heavy atom. The minimum atomic E-state index is 0.705. The molecule has 0 radical (unpaired) electrons. The van der Waals surface area contributed by atoms with Crippen molar-refractivity contribution in [2.45, 2.75) is 52.0 Å². The molecule has 0 bridgehead atoms. The first-order valence-corrected chi connectivity index (χ1v) is 4.48. The molecule has 0 fully saturated rings. The van der Waals surface area contributed by atoms with E-state index in [1.807, 2.05) is 7.98 Å². The van der Waals surface area contributed by atoms with Gasteiger partial charge in [0.2, 0.25) is 0 Å². The highest BCUT2D eigenvalue weighted by molar-refractivity contribution is 6.04. The van der Waals surface area contributed by atoms with Crippen LogP contribution in [0, 0.1) is 0 Å². The maximum atomic E-state index is 3.24. The van der Waals surface area contributed by atoms with Gasteiger partial charge in [0.15, 0.2) is 7.98 Å². The zero-order valence-electron chi connectivity index (χ0n) is 7.61. The van der Waals surface area contributed by atoms with E-state index >= 15 is 0 Å². The van der Waals surface area contributed by atoms with Crippen molar-refractivity contribution in [2.24, 2.45) is 0 Å². The van der Waals surface area contributed by atoms with Crippen molar-refractivity contribution in [3.8, 4) is 0 Å². The van der Waals surface area contributed by atoms with Crippen LogP contribution in [-0.4, -0.2) is 14.0 Å². The van der Waals surface area contributed by atoms with E-state index < -0.39 is 0 Å². The third-order valence-corrected chi connectivity index (χ3v) is 1.98. The summed E-state index contributed by atoms with van der Waals surface area (Å²) in [6, 6.07) is 0.705.